The second-order valence-electron chi connectivity index (χ2n) is 6.37. The fraction of sp³-hybridized carbons (Fsp3) is 1.00. The number of unbranched alkanes of at least 4 members (excludes halogenated alkanes) is 1. The lowest BCUT2D eigenvalue weighted by atomic mass is 9.74. The number of rotatable bonds is 6. The van der Waals surface area contributed by atoms with Crippen molar-refractivity contribution in [3.05, 3.63) is 0 Å². The Morgan fingerprint density at radius 2 is 1.81 bits per heavy atom. The molecule has 0 nitrogen and oxygen atoms in total. The van der Waals surface area contributed by atoms with Gasteiger partial charge in [0.25, 0.3) is 0 Å². The molecule has 0 spiro atoms. The van der Waals surface area contributed by atoms with Crippen molar-refractivity contribution in [3.8, 4) is 0 Å². The highest BCUT2D eigenvalue weighted by atomic mass is 14.5. The Labute approximate surface area is 103 Å². The molecule has 0 bridgehead atoms. The maximum atomic E-state index is 2.55. The van der Waals surface area contributed by atoms with Crippen molar-refractivity contribution < 1.29 is 0 Å². The molecule has 1 rings (SSSR count). The summed E-state index contributed by atoms with van der Waals surface area (Å²) in [7, 11) is 0. The van der Waals surface area contributed by atoms with Crippen LogP contribution in [0.3, 0.4) is 0 Å². The summed E-state index contributed by atoms with van der Waals surface area (Å²) < 4.78 is 0. The van der Waals surface area contributed by atoms with Crippen LogP contribution in [0.15, 0.2) is 0 Å². The van der Waals surface area contributed by atoms with E-state index in [0.717, 1.165) is 17.8 Å². The highest BCUT2D eigenvalue weighted by Gasteiger charge is 2.45. The zero-order valence-electron chi connectivity index (χ0n) is 12.2. The molecular formula is C16H32. The molecule has 16 heavy (non-hydrogen) atoms. The van der Waals surface area contributed by atoms with E-state index in [1.807, 2.05) is 0 Å². The van der Waals surface area contributed by atoms with Crippen molar-refractivity contribution in [1.29, 1.82) is 0 Å². The van der Waals surface area contributed by atoms with Crippen LogP contribution in [-0.4, -0.2) is 0 Å². The first-order valence-corrected chi connectivity index (χ1v) is 7.59. The quantitative estimate of drug-likeness (QED) is 0.545. The molecule has 0 amide bonds. The third-order valence-corrected chi connectivity index (χ3v) is 5.30. The van der Waals surface area contributed by atoms with Gasteiger partial charge in [0.1, 0.15) is 0 Å². The second kappa shape index (κ2) is 6.07. The molecule has 0 aromatic heterocycles. The molecule has 0 aromatic carbocycles. The Morgan fingerprint density at radius 3 is 2.31 bits per heavy atom. The third-order valence-electron chi connectivity index (χ3n) is 5.30. The van der Waals surface area contributed by atoms with Crippen molar-refractivity contribution in [2.45, 2.75) is 79.6 Å². The second-order valence-corrected chi connectivity index (χ2v) is 6.37. The predicted molar refractivity (Wildman–Crippen MR) is 73.6 cm³/mol. The van der Waals surface area contributed by atoms with Crippen molar-refractivity contribution >= 4 is 0 Å². The summed E-state index contributed by atoms with van der Waals surface area (Å²) >= 11 is 0. The van der Waals surface area contributed by atoms with Crippen LogP contribution >= 0.6 is 0 Å². The van der Waals surface area contributed by atoms with Gasteiger partial charge in [-0.25, -0.2) is 0 Å². The van der Waals surface area contributed by atoms with Gasteiger partial charge in [-0.2, -0.15) is 0 Å². The van der Waals surface area contributed by atoms with Gasteiger partial charge in [0.15, 0.2) is 0 Å². The maximum absolute atomic E-state index is 2.55. The number of hydrogen-bond acceptors (Lipinski definition) is 0. The van der Waals surface area contributed by atoms with Crippen molar-refractivity contribution in [3.63, 3.8) is 0 Å². The molecule has 1 aliphatic rings. The SMILES string of the molecule is CCCCC1CC(C)(CCC)C(C)C1CC. The Balaban J connectivity index is 2.66. The molecule has 0 heterocycles. The van der Waals surface area contributed by atoms with E-state index >= 15 is 0 Å². The molecule has 1 fully saturated rings. The van der Waals surface area contributed by atoms with Crippen LogP contribution in [0.2, 0.25) is 0 Å². The normalized spacial score (nSPS) is 39.2. The lowest BCUT2D eigenvalue weighted by Crippen LogP contribution is -2.22. The van der Waals surface area contributed by atoms with Gasteiger partial charge in [-0.1, -0.05) is 66.7 Å². The topological polar surface area (TPSA) is 0 Å². The molecule has 4 unspecified atom stereocenters. The van der Waals surface area contributed by atoms with Crippen LogP contribution in [-0.2, 0) is 0 Å². The van der Waals surface area contributed by atoms with E-state index in [4.69, 9.17) is 0 Å². The minimum absolute atomic E-state index is 0.647. The van der Waals surface area contributed by atoms with Crippen LogP contribution < -0.4 is 0 Å². The van der Waals surface area contributed by atoms with Gasteiger partial charge in [-0.15, -0.1) is 0 Å². The molecule has 0 saturated heterocycles. The highest BCUT2D eigenvalue weighted by molar-refractivity contribution is 4.95. The summed E-state index contributed by atoms with van der Waals surface area (Å²) in [5.41, 5.74) is 0.647. The van der Waals surface area contributed by atoms with E-state index in [9.17, 15) is 0 Å². The average molecular weight is 224 g/mol. The molecule has 96 valence electrons. The lowest BCUT2D eigenvalue weighted by Gasteiger charge is -2.31. The van der Waals surface area contributed by atoms with Crippen molar-refractivity contribution in [2.24, 2.45) is 23.2 Å². The fourth-order valence-corrected chi connectivity index (χ4v) is 4.23. The van der Waals surface area contributed by atoms with Gasteiger partial charge in [-0.05, 0) is 36.0 Å². The molecule has 1 aliphatic carbocycles. The molecule has 0 heteroatoms. The summed E-state index contributed by atoms with van der Waals surface area (Å²) in [5.74, 6) is 2.97. The first kappa shape index (κ1) is 14.1. The zero-order valence-corrected chi connectivity index (χ0v) is 12.2. The van der Waals surface area contributed by atoms with Crippen LogP contribution in [0.25, 0.3) is 0 Å². The average Bonchev–Trinajstić information content (AvgIpc) is 2.49. The van der Waals surface area contributed by atoms with Crippen LogP contribution in [0, 0.1) is 23.2 Å². The first-order valence-electron chi connectivity index (χ1n) is 7.59. The van der Waals surface area contributed by atoms with E-state index in [1.165, 1.54) is 44.9 Å². The Kier molecular flexibility index (Phi) is 5.34. The monoisotopic (exact) mass is 224 g/mol. The van der Waals surface area contributed by atoms with Gasteiger partial charge in [0, 0.05) is 0 Å². The summed E-state index contributed by atoms with van der Waals surface area (Å²) in [5, 5.41) is 0. The molecule has 0 N–H and O–H groups in total. The van der Waals surface area contributed by atoms with Crippen molar-refractivity contribution in [1.82, 2.24) is 0 Å². The first-order chi connectivity index (χ1) is 7.59. The molecule has 0 aromatic rings. The largest absolute Gasteiger partial charge is 0.0654 e. The van der Waals surface area contributed by atoms with Crippen LogP contribution in [0.4, 0.5) is 0 Å². The zero-order chi connectivity index (χ0) is 12.2. The summed E-state index contributed by atoms with van der Waals surface area (Å²) in [6, 6.07) is 0. The molecular weight excluding hydrogens is 192 g/mol. The third kappa shape index (κ3) is 2.81. The summed E-state index contributed by atoms with van der Waals surface area (Å²) in [6.07, 6.45) is 9.99. The highest BCUT2D eigenvalue weighted by Crippen LogP contribution is 2.54. The lowest BCUT2D eigenvalue weighted by molar-refractivity contribution is 0.190. The van der Waals surface area contributed by atoms with Crippen LogP contribution in [0.1, 0.15) is 79.6 Å². The van der Waals surface area contributed by atoms with Gasteiger partial charge >= 0.3 is 0 Å². The van der Waals surface area contributed by atoms with E-state index in [-0.39, 0.29) is 0 Å². The Bertz CT molecular complexity index is 196. The van der Waals surface area contributed by atoms with Gasteiger partial charge < -0.3 is 0 Å². The molecule has 0 radical (unpaired) electrons. The smallest absolute Gasteiger partial charge is 0.0295 e. The summed E-state index contributed by atoms with van der Waals surface area (Å²) in [4.78, 5) is 0. The fourth-order valence-electron chi connectivity index (χ4n) is 4.23. The maximum Gasteiger partial charge on any atom is -0.0295 e. The Morgan fingerprint density at radius 1 is 1.12 bits per heavy atom. The summed E-state index contributed by atoms with van der Waals surface area (Å²) in [6.45, 7) is 12.1. The van der Waals surface area contributed by atoms with E-state index in [0.29, 0.717) is 5.41 Å². The molecule has 4 atom stereocenters. The number of hydrogen-bond donors (Lipinski definition) is 0. The van der Waals surface area contributed by atoms with Gasteiger partial charge in [0.05, 0.1) is 0 Å². The Hall–Kier alpha value is 0. The minimum atomic E-state index is 0.647. The predicted octanol–water partition coefficient (Wildman–Crippen LogP) is 5.67. The standard InChI is InChI=1S/C16H32/c1-6-9-10-14-12-16(5,11-7-2)13(4)15(14)8-3/h13-15H,6-12H2,1-5H3. The van der Waals surface area contributed by atoms with Gasteiger partial charge in [0.2, 0.25) is 0 Å². The minimum Gasteiger partial charge on any atom is -0.0654 e. The van der Waals surface area contributed by atoms with E-state index < -0.39 is 0 Å². The van der Waals surface area contributed by atoms with Crippen molar-refractivity contribution in [2.75, 3.05) is 0 Å². The van der Waals surface area contributed by atoms with Crippen LogP contribution in [0.5, 0.6) is 0 Å². The van der Waals surface area contributed by atoms with Gasteiger partial charge in [-0.3, -0.25) is 0 Å². The molecule has 1 saturated carbocycles. The van der Waals surface area contributed by atoms with E-state index in [1.54, 1.807) is 0 Å². The van der Waals surface area contributed by atoms with E-state index in [2.05, 4.69) is 34.6 Å². The molecule has 0 aliphatic heterocycles.